The van der Waals surface area contributed by atoms with Gasteiger partial charge in [0.25, 0.3) is 5.79 Å². The Morgan fingerprint density at radius 1 is 1.20 bits per heavy atom. The summed E-state index contributed by atoms with van der Waals surface area (Å²) in [4.78, 5) is 22.0. The fraction of sp³-hybridized carbons (Fsp3) is 0.176. The second kappa shape index (κ2) is 7.29. The molecule has 0 heterocycles. The van der Waals surface area contributed by atoms with Gasteiger partial charge in [0.05, 0.1) is 7.11 Å². The number of ether oxygens (including phenoxy) is 2. The summed E-state index contributed by atoms with van der Waals surface area (Å²) in [6.45, 7) is 0. The van der Waals surface area contributed by atoms with Crippen LogP contribution >= 0.6 is 0 Å². The Morgan fingerprint density at radius 2 is 1.84 bits per heavy atom. The maximum Gasteiger partial charge on any atom is 0.339 e. The number of benzene rings is 2. The molecular weight excluding hydrogens is 335 g/mol. The molecule has 132 valence electrons. The number of halogens is 1. The highest BCUT2D eigenvalue weighted by Gasteiger charge is 2.45. The summed E-state index contributed by atoms with van der Waals surface area (Å²) in [5, 5.41) is 29.7. The van der Waals surface area contributed by atoms with E-state index in [1.807, 2.05) is 0 Å². The second-order valence-electron chi connectivity index (χ2n) is 5.07. The maximum absolute atomic E-state index is 13.1. The van der Waals surface area contributed by atoms with Crippen molar-refractivity contribution in [3.8, 4) is 11.5 Å². The zero-order valence-corrected chi connectivity index (χ0v) is 13.0. The lowest BCUT2D eigenvalue weighted by molar-refractivity contribution is -0.222. The van der Waals surface area contributed by atoms with E-state index in [2.05, 4.69) is 0 Å². The van der Waals surface area contributed by atoms with Gasteiger partial charge in [-0.2, -0.15) is 0 Å². The summed E-state index contributed by atoms with van der Waals surface area (Å²) in [5.41, 5.74) is 0.0682. The minimum Gasteiger partial charge on any atom is -0.493 e. The highest BCUT2D eigenvalue weighted by atomic mass is 19.1. The molecule has 2 aromatic rings. The molecule has 7 nitrogen and oxygen atoms in total. The molecule has 0 radical (unpaired) electrons. The molecule has 2 aromatic carbocycles. The first-order valence-corrected chi connectivity index (χ1v) is 7.03. The van der Waals surface area contributed by atoms with E-state index in [0.29, 0.717) is 6.29 Å². The van der Waals surface area contributed by atoms with Crippen LogP contribution in [0.15, 0.2) is 42.5 Å². The molecule has 25 heavy (non-hydrogen) atoms. The third-order valence-corrected chi connectivity index (χ3v) is 3.45. The Balaban J connectivity index is 2.52. The van der Waals surface area contributed by atoms with Crippen LogP contribution in [0.2, 0.25) is 0 Å². The third kappa shape index (κ3) is 3.76. The molecular formula is C17H15FO7. The number of hydrogen-bond acceptors (Lipinski definition) is 6. The minimum atomic E-state index is -2.73. The summed E-state index contributed by atoms with van der Waals surface area (Å²) in [6, 6.07) is 8.03. The number of aliphatic hydroxyl groups excluding tert-OH is 1. The number of hydrogen-bond donors (Lipinski definition) is 3. The van der Waals surface area contributed by atoms with E-state index in [9.17, 15) is 24.2 Å². The number of aldehydes is 1. The Bertz CT molecular complexity index is 775. The van der Waals surface area contributed by atoms with Crippen LogP contribution < -0.4 is 9.47 Å². The van der Waals surface area contributed by atoms with Crippen LogP contribution in [0.25, 0.3) is 0 Å². The zero-order chi connectivity index (χ0) is 18.6. The molecule has 0 fully saturated rings. The average molecular weight is 350 g/mol. The summed E-state index contributed by atoms with van der Waals surface area (Å²) >= 11 is 0. The molecule has 2 atom stereocenters. The fourth-order valence-electron chi connectivity index (χ4n) is 2.14. The molecule has 2 unspecified atom stereocenters. The summed E-state index contributed by atoms with van der Waals surface area (Å²) in [6.07, 6.45) is -1.82. The first-order chi connectivity index (χ1) is 11.8. The first-order valence-electron chi connectivity index (χ1n) is 7.03. The molecule has 0 saturated carbocycles. The van der Waals surface area contributed by atoms with Crippen molar-refractivity contribution in [3.63, 3.8) is 0 Å². The number of methoxy groups -OCH3 is 1. The van der Waals surface area contributed by atoms with Gasteiger partial charge in [-0.3, -0.25) is 4.79 Å². The van der Waals surface area contributed by atoms with E-state index < -0.39 is 23.7 Å². The van der Waals surface area contributed by atoms with Gasteiger partial charge in [0.2, 0.25) is 6.10 Å². The van der Waals surface area contributed by atoms with Crippen molar-refractivity contribution < 1.29 is 38.8 Å². The maximum atomic E-state index is 13.1. The SMILES string of the molecule is COc1cc(C=O)ccc1OC(O)(c1ccc(F)cc1)C(O)C(=O)O. The topological polar surface area (TPSA) is 113 Å². The molecule has 0 saturated heterocycles. The Kier molecular flexibility index (Phi) is 5.35. The van der Waals surface area contributed by atoms with Gasteiger partial charge in [0.1, 0.15) is 12.1 Å². The smallest absolute Gasteiger partial charge is 0.339 e. The Morgan fingerprint density at radius 3 is 2.36 bits per heavy atom. The molecule has 0 spiro atoms. The van der Waals surface area contributed by atoms with E-state index >= 15 is 0 Å². The molecule has 0 aliphatic rings. The molecule has 8 heteroatoms. The van der Waals surface area contributed by atoms with Crippen LogP contribution in [0.4, 0.5) is 4.39 Å². The van der Waals surface area contributed by atoms with E-state index in [1.54, 1.807) is 0 Å². The van der Waals surface area contributed by atoms with E-state index in [-0.39, 0.29) is 22.6 Å². The molecule has 0 aliphatic carbocycles. The average Bonchev–Trinajstić information content (AvgIpc) is 2.61. The number of carbonyl (C=O) groups is 2. The Hall–Kier alpha value is -2.97. The standard InChI is InChI=1S/C17H15FO7/c1-24-14-8-10(9-19)2-7-13(14)25-17(23,15(20)16(21)22)11-3-5-12(18)6-4-11/h2-9,15,20,23H,1H3,(H,21,22). The number of aliphatic carboxylic acids is 1. The molecule has 0 bridgehead atoms. The predicted molar refractivity (Wildman–Crippen MR) is 82.9 cm³/mol. The lowest BCUT2D eigenvalue weighted by Gasteiger charge is -2.32. The van der Waals surface area contributed by atoms with Gasteiger partial charge in [0.15, 0.2) is 11.5 Å². The van der Waals surface area contributed by atoms with Gasteiger partial charge in [0, 0.05) is 11.1 Å². The number of carboxylic acids is 1. The van der Waals surface area contributed by atoms with Crippen molar-refractivity contribution in [2.75, 3.05) is 7.11 Å². The van der Waals surface area contributed by atoms with Gasteiger partial charge < -0.3 is 24.8 Å². The van der Waals surface area contributed by atoms with Crippen LogP contribution in [-0.2, 0) is 10.6 Å². The molecule has 3 N–H and O–H groups in total. The first kappa shape index (κ1) is 18.4. The van der Waals surface area contributed by atoms with Gasteiger partial charge >= 0.3 is 5.97 Å². The number of aliphatic hydroxyl groups is 2. The molecule has 0 amide bonds. The van der Waals surface area contributed by atoms with E-state index in [0.717, 1.165) is 24.3 Å². The van der Waals surface area contributed by atoms with Gasteiger partial charge in [-0.25, -0.2) is 9.18 Å². The van der Waals surface area contributed by atoms with Crippen LogP contribution in [0.1, 0.15) is 15.9 Å². The summed E-state index contributed by atoms with van der Waals surface area (Å²) in [5.74, 6) is -5.20. The normalized spacial score (nSPS) is 14.2. The minimum absolute atomic E-state index is 0.0303. The summed E-state index contributed by atoms with van der Waals surface area (Å²) < 4.78 is 23.5. The van der Waals surface area contributed by atoms with Gasteiger partial charge in [-0.1, -0.05) is 0 Å². The van der Waals surface area contributed by atoms with E-state index in [4.69, 9.17) is 14.6 Å². The number of carbonyl (C=O) groups excluding carboxylic acids is 1. The van der Waals surface area contributed by atoms with Crippen molar-refractivity contribution >= 4 is 12.3 Å². The van der Waals surface area contributed by atoms with Crippen molar-refractivity contribution in [2.45, 2.75) is 11.9 Å². The van der Waals surface area contributed by atoms with Crippen LogP contribution in [0.5, 0.6) is 11.5 Å². The Labute approximate surface area is 141 Å². The van der Waals surface area contributed by atoms with Crippen LogP contribution in [-0.4, -0.2) is 40.8 Å². The predicted octanol–water partition coefficient (Wildman–Crippen LogP) is 1.32. The quantitative estimate of drug-likeness (QED) is 0.510. The van der Waals surface area contributed by atoms with Crippen molar-refractivity contribution in [3.05, 3.63) is 59.4 Å². The largest absolute Gasteiger partial charge is 0.493 e. The monoisotopic (exact) mass is 350 g/mol. The molecule has 0 aliphatic heterocycles. The fourth-order valence-corrected chi connectivity index (χ4v) is 2.14. The van der Waals surface area contributed by atoms with Crippen LogP contribution in [0.3, 0.4) is 0 Å². The van der Waals surface area contributed by atoms with Gasteiger partial charge in [-0.05, 0) is 42.5 Å². The van der Waals surface area contributed by atoms with Gasteiger partial charge in [-0.15, -0.1) is 0 Å². The molecule has 0 aromatic heterocycles. The van der Waals surface area contributed by atoms with Crippen molar-refractivity contribution in [1.82, 2.24) is 0 Å². The van der Waals surface area contributed by atoms with Crippen LogP contribution in [0, 0.1) is 5.82 Å². The number of rotatable bonds is 7. The molecule has 2 rings (SSSR count). The zero-order valence-electron chi connectivity index (χ0n) is 13.0. The number of carboxylic acid groups (broad SMARTS) is 1. The highest BCUT2D eigenvalue weighted by molar-refractivity contribution is 5.76. The lowest BCUT2D eigenvalue weighted by atomic mass is 9.99. The summed E-state index contributed by atoms with van der Waals surface area (Å²) in [7, 11) is 1.28. The third-order valence-electron chi connectivity index (χ3n) is 3.45. The van der Waals surface area contributed by atoms with E-state index in [1.165, 1.54) is 25.3 Å². The second-order valence-corrected chi connectivity index (χ2v) is 5.07. The highest BCUT2D eigenvalue weighted by Crippen LogP contribution is 2.35. The van der Waals surface area contributed by atoms with Crippen molar-refractivity contribution in [2.24, 2.45) is 0 Å². The lowest BCUT2D eigenvalue weighted by Crippen LogP contribution is -2.49. The van der Waals surface area contributed by atoms with Crippen molar-refractivity contribution in [1.29, 1.82) is 0 Å².